The lowest BCUT2D eigenvalue weighted by Crippen LogP contribution is -2.45. The maximum atomic E-state index is 14.8. The van der Waals surface area contributed by atoms with Gasteiger partial charge in [0.2, 0.25) is 0 Å². The van der Waals surface area contributed by atoms with Crippen molar-refractivity contribution in [2.24, 2.45) is 5.73 Å². The zero-order chi connectivity index (χ0) is 21.8. The van der Waals surface area contributed by atoms with E-state index >= 15 is 0 Å². The van der Waals surface area contributed by atoms with Crippen LogP contribution in [0.3, 0.4) is 0 Å². The van der Waals surface area contributed by atoms with Gasteiger partial charge in [0.1, 0.15) is 5.82 Å². The van der Waals surface area contributed by atoms with Crippen LogP contribution in [0.15, 0.2) is 43.2 Å². The molecule has 2 atom stereocenters. The van der Waals surface area contributed by atoms with E-state index in [9.17, 15) is 9.18 Å². The Balaban J connectivity index is 1.64. The Labute approximate surface area is 179 Å². The van der Waals surface area contributed by atoms with Crippen LogP contribution >= 0.6 is 0 Å². The minimum atomic E-state index is -0.773. The first-order valence-electron chi connectivity index (χ1n) is 10.2. The number of aromatic nitrogens is 4. The summed E-state index contributed by atoms with van der Waals surface area (Å²) in [5, 5.41) is 9.54. The van der Waals surface area contributed by atoms with Crippen molar-refractivity contribution in [1.29, 1.82) is 0 Å². The second kappa shape index (κ2) is 9.09. The van der Waals surface area contributed by atoms with E-state index in [4.69, 9.17) is 5.73 Å². The molecule has 0 bridgehead atoms. The number of primary amides is 1. The van der Waals surface area contributed by atoms with Gasteiger partial charge >= 0.3 is 0 Å². The lowest BCUT2D eigenvalue weighted by atomic mass is 9.90. The fraction of sp³-hybridized carbons (Fsp3) is 0.333. The van der Waals surface area contributed by atoms with Gasteiger partial charge < -0.3 is 26.3 Å². The Kier molecular flexibility index (Phi) is 6.08. The van der Waals surface area contributed by atoms with E-state index in [0.29, 0.717) is 5.69 Å². The van der Waals surface area contributed by atoms with Crippen LogP contribution in [0, 0.1) is 5.82 Å². The van der Waals surface area contributed by atoms with Crippen LogP contribution in [-0.2, 0) is 0 Å². The Morgan fingerprint density at radius 2 is 1.97 bits per heavy atom. The van der Waals surface area contributed by atoms with Crippen LogP contribution in [0.2, 0.25) is 0 Å². The van der Waals surface area contributed by atoms with E-state index in [2.05, 4.69) is 30.9 Å². The molecule has 1 aliphatic carbocycles. The molecule has 162 valence electrons. The fourth-order valence-corrected chi connectivity index (χ4v) is 3.88. The minimum Gasteiger partial charge on any atom is -0.365 e. The summed E-state index contributed by atoms with van der Waals surface area (Å²) in [5.41, 5.74) is 6.78. The summed E-state index contributed by atoms with van der Waals surface area (Å²) in [4.78, 5) is 24.5. The molecule has 1 aliphatic rings. The molecule has 5 N–H and O–H groups in total. The van der Waals surface area contributed by atoms with Crippen molar-refractivity contribution >= 4 is 23.2 Å². The summed E-state index contributed by atoms with van der Waals surface area (Å²) < 4.78 is 16.6. The standard InChI is InChI=1S/C21H25FN8O/c1-24-17-4-2-3-5-18(17)28-21-16(22)9-15(19(23)31)20(29-21)27-13-8-14(11-26-10-13)30-7-6-25-12-30/h6-12,17-18,24H,2-5H2,1H3,(H2,23,31)(H2,27,28,29)/t17-,18+/m0/s1. The molecule has 0 radical (unpaired) electrons. The molecule has 0 unspecified atom stereocenters. The van der Waals surface area contributed by atoms with Crippen molar-refractivity contribution in [2.75, 3.05) is 17.7 Å². The molecule has 0 aromatic carbocycles. The molecular formula is C21H25FN8O. The SMILES string of the molecule is CN[C@H]1CCCC[C@H]1Nc1nc(Nc2cncc(-n3ccnc3)c2)c(C(N)=O)cc1F. The molecule has 0 spiro atoms. The zero-order valence-electron chi connectivity index (χ0n) is 17.2. The number of pyridine rings is 2. The number of amides is 1. The predicted octanol–water partition coefficient (Wildman–Crippen LogP) is 2.59. The van der Waals surface area contributed by atoms with Crippen LogP contribution in [-0.4, -0.2) is 44.6 Å². The third-order valence-corrected chi connectivity index (χ3v) is 5.49. The Morgan fingerprint density at radius 1 is 1.16 bits per heavy atom. The third-order valence-electron chi connectivity index (χ3n) is 5.49. The van der Waals surface area contributed by atoms with Gasteiger partial charge in [0.25, 0.3) is 5.91 Å². The van der Waals surface area contributed by atoms with Gasteiger partial charge in [0.15, 0.2) is 11.6 Å². The van der Waals surface area contributed by atoms with E-state index in [-0.39, 0.29) is 29.3 Å². The number of likely N-dealkylation sites (N-methyl/N-ethyl adjacent to an activating group) is 1. The van der Waals surface area contributed by atoms with Gasteiger partial charge in [0, 0.05) is 24.5 Å². The van der Waals surface area contributed by atoms with Crippen LogP contribution < -0.4 is 21.7 Å². The number of nitrogens with one attached hydrogen (secondary N) is 3. The number of nitrogens with two attached hydrogens (primary N) is 1. The molecule has 3 aromatic heterocycles. The molecule has 1 fully saturated rings. The second-order valence-corrected chi connectivity index (χ2v) is 7.54. The van der Waals surface area contributed by atoms with Gasteiger partial charge in [-0.25, -0.2) is 14.4 Å². The number of hydrogen-bond acceptors (Lipinski definition) is 7. The van der Waals surface area contributed by atoms with Crippen molar-refractivity contribution in [3.05, 3.63) is 54.6 Å². The van der Waals surface area contributed by atoms with Crippen molar-refractivity contribution in [1.82, 2.24) is 24.8 Å². The summed E-state index contributed by atoms with van der Waals surface area (Å²) in [6.45, 7) is 0. The topological polar surface area (TPSA) is 123 Å². The summed E-state index contributed by atoms with van der Waals surface area (Å²) in [6, 6.07) is 3.19. The fourth-order valence-electron chi connectivity index (χ4n) is 3.88. The molecule has 0 saturated heterocycles. The number of hydrogen-bond donors (Lipinski definition) is 4. The first kappa shape index (κ1) is 20.7. The summed E-state index contributed by atoms with van der Waals surface area (Å²) in [6.07, 6.45) is 12.5. The molecular weight excluding hydrogens is 399 g/mol. The maximum Gasteiger partial charge on any atom is 0.252 e. The van der Waals surface area contributed by atoms with Crippen molar-refractivity contribution < 1.29 is 9.18 Å². The number of halogens is 1. The maximum absolute atomic E-state index is 14.8. The summed E-state index contributed by atoms with van der Waals surface area (Å²) >= 11 is 0. The normalized spacial score (nSPS) is 18.5. The van der Waals surface area contributed by atoms with Gasteiger partial charge in [-0.15, -0.1) is 0 Å². The smallest absolute Gasteiger partial charge is 0.252 e. The van der Waals surface area contributed by atoms with Crippen molar-refractivity contribution in [3.8, 4) is 5.69 Å². The highest BCUT2D eigenvalue weighted by Crippen LogP contribution is 2.27. The second-order valence-electron chi connectivity index (χ2n) is 7.54. The summed E-state index contributed by atoms with van der Waals surface area (Å²) in [7, 11) is 1.90. The van der Waals surface area contributed by atoms with Crippen LogP contribution in [0.1, 0.15) is 36.0 Å². The van der Waals surface area contributed by atoms with E-state index in [1.54, 1.807) is 35.7 Å². The Bertz CT molecular complexity index is 1060. The highest BCUT2D eigenvalue weighted by atomic mass is 19.1. The van der Waals surface area contributed by atoms with Gasteiger partial charge in [-0.2, -0.15) is 0 Å². The van der Waals surface area contributed by atoms with Gasteiger partial charge in [-0.1, -0.05) is 12.8 Å². The molecule has 1 saturated carbocycles. The van der Waals surface area contributed by atoms with E-state index in [1.165, 1.54) is 0 Å². The molecule has 9 nitrogen and oxygen atoms in total. The molecule has 3 aromatic rings. The first-order chi connectivity index (χ1) is 15.0. The Morgan fingerprint density at radius 3 is 2.68 bits per heavy atom. The van der Waals surface area contributed by atoms with E-state index < -0.39 is 11.7 Å². The van der Waals surface area contributed by atoms with Crippen molar-refractivity contribution in [2.45, 2.75) is 37.8 Å². The molecule has 1 amide bonds. The molecule has 0 aliphatic heterocycles. The average Bonchev–Trinajstić information content (AvgIpc) is 3.31. The quantitative estimate of drug-likeness (QED) is 0.460. The average molecular weight is 424 g/mol. The van der Waals surface area contributed by atoms with Gasteiger partial charge in [-0.05, 0) is 32.0 Å². The summed E-state index contributed by atoms with van der Waals surface area (Å²) in [5.74, 6) is -1.15. The number of nitrogens with zero attached hydrogens (tertiary/aromatic N) is 4. The molecule has 10 heteroatoms. The number of carbonyl (C=O) groups excluding carboxylic acids is 1. The highest BCUT2D eigenvalue weighted by molar-refractivity contribution is 5.98. The van der Waals surface area contributed by atoms with Crippen LogP contribution in [0.25, 0.3) is 5.69 Å². The van der Waals surface area contributed by atoms with Gasteiger partial charge in [0.05, 0.1) is 35.7 Å². The third kappa shape index (κ3) is 4.64. The monoisotopic (exact) mass is 424 g/mol. The first-order valence-corrected chi connectivity index (χ1v) is 10.2. The predicted molar refractivity (Wildman–Crippen MR) is 116 cm³/mol. The lowest BCUT2D eigenvalue weighted by molar-refractivity contribution is 0.100. The lowest BCUT2D eigenvalue weighted by Gasteiger charge is -2.32. The number of carbonyl (C=O) groups is 1. The zero-order valence-corrected chi connectivity index (χ0v) is 17.2. The van der Waals surface area contributed by atoms with Crippen LogP contribution in [0.4, 0.5) is 21.7 Å². The number of rotatable bonds is 7. The largest absolute Gasteiger partial charge is 0.365 e. The molecule has 31 heavy (non-hydrogen) atoms. The van der Waals surface area contributed by atoms with E-state index in [1.807, 2.05) is 13.1 Å². The minimum absolute atomic E-state index is 0.0371. The Hall–Kier alpha value is -3.53. The molecule has 4 rings (SSSR count). The van der Waals surface area contributed by atoms with Crippen molar-refractivity contribution in [3.63, 3.8) is 0 Å². The number of imidazole rings is 1. The van der Waals surface area contributed by atoms with Gasteiger partial charge in [-0.3, -0.25) is 9.78 Å². The van der Waals surface area contributed by atoms with E-state index in [0.717, 1.165) is 37.4 Å². The van der Waals surface area contributed by atoms with Crippen LogP contribution in [0.5, 0.6) is 0 Å². The number of anilines is 3. The molecule has 3 heterocycles. The highest BCUT2D eigenvalue weighted by Gasteiger charge is 2.26.